The van der Waals surface area contributed by atoms with E-state index in [9.17, 15) is 4.79 Å². The third-order valence-electron chi connectivity index (χ3n) is 4.85. The minimum absolute atomic E-state index is 0.00450. The maximum absolute atomic E-state index is 12.2. The fourth-order valence-corrected chi connectivity index (χ4v) is 3.41. The molecular formula is C19H21N3O. The number of hydrogen-bond acceptors (Lipinski definition) is 2. The Morgan fingerprint density at radius 3 is 2.43 bits per heavy atom. The highest BCUT2D eigenvalue weighted by atomic mass is 16.2. The van der Waals surface area contributed by atoms with E-state index < -0.39 is 0 Å². The lowest BCUT2D eigenvalue weighted by molar-refractivity contribution is 0.0528. The number of urea groups is 1. The Bertz CT molecular complexity index is 695. The smallest absolute Gasteiger partial charge is 0.321 e. The lowest BCUT2D eigenvalue weighted by atomic mass is 9.97. The Labute approximate surface area is 136 Å². The molecule has 1 fully saturated rings. The Kier molecular flexibility index (Phi) is 3.75. The van der Waals surface area contributed by atoms with Crippen LogP contribution in [0.5, 0.6) is 0 Å². The van der Waals surface area contributed by atoms with Crippen LogP contribution in [0.2, 0.25) is 0 Å². The van der Waals surface area contributed by atoms with E-state index in [4.69, 9.17) is 0 Å². The molecule has 0 atom stereocenters. The van der Waals surface area contributed by atoms with E-state index in [1.165, 1.54) is 11.1 Å². The Hall–Kier alpha value is -2.33. The Morgan fingerprint density at radius 1 is 0.957 bits per heavy atom. The van der Waals surface area contributed by atoms with Crippen molar-refractivity contribution in [1.82, 2.24) is 9.80 Å². The van der Waals surface area contributed by atoms with E-state index >= 15 is 0 Å². The van der Waals surface area contributed by atoms with Crippen molar-refractivity contribution in [3.8, 4) is 0 Å². The SMILES string of the molecule is O=C(Nc1ccccc1)N1CC(N2CCc3ccccc3C2)C1. The van der Waals surface area contributed by atoms with Crippen LogP contribution in [-0.4, -0.2) is 41.5 Å². The molecule has 2 aliphatic heterocycles. The average molecular weight is 307 g/mol. The van der Waals surface area contributed by atoms with Crippen molar-refractivity contribution in [2.24, 2.45) is 0 Å². The predicted molar refractivity (Wildman–Crippen MR) is 91.4 cm³/mol. The van der Waals surface area contributed by atoms with Gasteiger partial charge in [0.05, 0.1) is 0 Å². The largest absolute Gasteiger partial charge is 0.321 e. The first-order valence-corrected chi connectivity index (χ1v) is 8.21. The molecule has 2 heterocycles. The minimum Gasteiger partial charge on any atom is -0.321 e. The number of carbonyl (C=O) groups is 1. The number of fused-ring (bicyclic) bond motifs is 1. The van der Waals surface area contributed by atoms with Crippen LogP contribution < -0.4 is 5.32 Å². The highest BCUT2D eigenvalue weighted by molar-refractivity contribution is 5.89. The molecule has 23 heavy (non-hydrogen) atoms. The van der Waals surface area contributed by atoms with Crippen molar-refractivity contribution in [3.63, 3.8) is 0 Å². The second-order valence-corrected chi connectivity index (χ2v) is 6.34. The minimum atomic E-state index is 0.00450. The molecule has 2 aromatic carbocycles. The third kappa shape index (κ3) is 2.94. The van der Waals surface area contributed by atoms with Crippen LogP contribution in [-0.2, 0) is 13.0 Å². The van der Waals surface area contributed by atoms with Gasteiger partial charge in [0.25, 0.3) is 0 Å². The number of rotatable bonds is 2. The van der Waals surface area contributed by atoms with Gasteiger partial charge in [0, 0.05) is 37.9 Å². The van der Waals surface area contributed by atoms with Gasteiger partial charge in [0.1, 0.15) is 0 Å². The molecule has 1 saturated heterocycles. The highest BCUT2D eigenvalue weighted by Gasteiger charge is 2.35. The molecule has 2 aliphatic rings. The standard InChI is InChI=1S/C19H21N3O/c23-19(20-17-8-2-1-3-9-17)22-13-18(14-22)21-11-10-15-6-4-5-7-16(15)12-21/h1-9,18H,10-14H2,(H,20,23). The molecule has 4 heteroatoms. The monoisotopic (exact) mass is 307 g/mol. The van der Waals surface area contributed by atoms with E-state index in [1.807, 2.05) is 35.2 Å². The quantitative estimate of drug-likeness (QED) is 0.926. The topological polar surface area (TPSA) is 35.6 Å². The normalized spacial score (nSPS) is 18.2. The van der Waals surface area contributed by atoms with Gasteiger partial charge in [-0.3, -0.25) is 4.90 Å². The van der Waals surface area contributed by atoms with Crippen molar-refractivity contribution < 1.29 is 4.79 Å². The first-order chi connectivity index (χ1) is 11.3. The van der Waals surface area contributed by atoms with Crippen LogP contribution in [0.25, 0.3) is 0 Å². The molecular weight excluding hydrogens is 286 g/mol. The molecule has 2 aromatic rings. The Morgan fingerprint density at radius 2 is 1.65 bits per heavy atom. The van der Waals surface area contributed by atoms with Crippen molar-refractivity contribution >= 4 is 11.7 Å². The summed E-state index contributed by atoms with van der Waals surface area (Å²) < 4.78 is 0. The fourth-order valence-electron chi connectivity index (χ4n) is 3.41. The summed E-state index contributed by atoms with van der Waals surface area (Å²) in [7, 11) is 0. The van der Waals surface area contributed by atoms with E-state index in [1.54, 1.807) is 0 Å². The maximum Gasteiger partial charge on any atom is 0.321 e. The van der Waals surface area contributed by atoms with Gasteiger partial charge in [-0.1, -0.05) is 42.5 Å². The summed E-state index contributed by atoms with van der Waals surface area (Å²) in [5.41, 5.74) is 3.76. The van der Waals surface area contributed by atoms with Crippen LogP contribution >= 0.6 is 0 Å². The van der Waals surface area contributed by atoms with Crippen molar-refractivity contribution in [3.05, 3.63) is 65.7 Å². The highest BCUT2D eigenvalue weighted by Crippen LogP contribution is 2.24. The van der Waals surface area contributed by atoms with Crippen LogP contribution in [0.4, 0.5) is 10.5 Å². The summed E-state index contributed by atoms with van der Waals surface area (Å²) in [5, 5.41) is 2.95. The third-order valence-corrected chi connectivity index (χ3v) is 4.85. The molecule has 0 bridgehead atoms. The summed E-state index contributed by atoms with van der Waals surface area (Å²) in [4.78, 5) is 16.6. The van der Waals surface area contributed by atoms with Crippen LogP contribution in [0.1, 0.15) is 11.1 Å². The zero-order valence-corrected chi connectivity index (χ0v) is 13.1. The first-order valence-electron chi connectivity index (χ1n) is 8.21. The number of amides is 2. The van der Waals surface area contributed by atoms with Crippen LogP contribution in [0, 0.1) is 0 Å². The molecule has 2 amide bonds. The van der Waals surface area contributed by atoms with Crippen molar-refractivity contribution in [1.29, 1.82) is 0 Å². The van der Waals surface area contributed by atoms with Gasteiger partial charge >= 0.3 is 6.03 Å². The molecule has 4 nitrogen and oxygen atoms in total. The summed E-state index contributed by atoms with van der Waals surface area (Å²) in [5.74, 6) is 0. The lowest BCUT2D eigenvalue weighted by Gasteiger charge is -2.46. The van der Waals surface area contributed by atoms with Gasteiger partial charge in [-0.25, -0.2) is 4.79 Å². The summed E-state index contributed by atoms with van der Waals surface area (Å²) in [6.45, 7) is 3.74. The maximum atomic E-state index is 12.2. The number of benzene rings is 2. The van der Waals surface area contributed by atoms with Crippen LogP contribution in [0.3, 0.4) is 0 Å². The van der Waals surface area contributed by atoms with Crippen molar-refractivity contribution in [2.75, 3.05) is 25.0 Å². The van der Waals surface area contributed by atoms with Gasteiger partial charge in [-0.2, -0.15) is 0 Å². The van der Waals surface area contributed by atoms with E-state index in [0.717, 1.165) is 38.3 Å². The fraction of sp³-hybridized carbons (Fsp3) is 0.316. The number of para-hydroxylation sites is 1. The predicted octanol–water partition coefficient (Wildman–Crippen LogP) is 2.96. The summed E-state index contributed by atoms with van der Waals surface area (Å²) in [6.07, 6.45) is 1.11. The summed E-state index contributed by atoms with van der Waals surface area (Å²) >= 11 is 0. The number of likely N-dealkylation sites (tertiary alicyclic amines) is 1. The van der Waals surface area contributed by atoms with E-state index in [0.29, 0.717) is 6.04 Å². The second kappa shape index (κ2) is 6.05. The van der Waals surface area contributed by atoms with Gasteiger partial charge in [0.15, 0.2) is 0 Å². The molecule has 1 N–H and O–H groups in total. The zero-order valence-electron chi connectivity index (χ0n) is 13.1. The first kappa shape index (κ1) is 14.3. The Balaban J connectivity index is 1.31. The average Bonchev–Trinajstić information content (AvgIpc) is 2.54. The van der Waals surface area contributed by atoms with E-state index in [-0.39, 0.29) is 6.03 Å². The van der Waals surface area contributed by atoms with E-state index in [2.05, 4.69) is 34.5 Å². The number of anilines is 1. The molecule has 0 aliphatic carbocycles. The summed E-state index contributed by atoms with van der Waals surface area (Å²) in [6, 6.07) is 18.8. The van der Waals surface area contributed by atoms with Crippen molar-refractivity contribution in [2.45, 2.75) is 19.0 Å². The van der Waals surface area contributed by atoms with Gasteiger partial charge in [-0.15, -0.1) is 0 Å². The van der Waals surface area contributed by atoms with Crippen LogP contribution in [0.15, 0.2) is 54.6 Å². The second-order valence-electron chi connectivity index (χ2n) is 6.34. The zero-order chi connectivity index (χ0) is 15.6. The molecule has 4 rings (SSSR count). The molecule has 0 aromatic heterocycles. The molecule has 0 unspecified atom stereocenters. The molecule has 0 radical (unpaired) electrons. The number of carbonyl (C=O) groups excluding carboxylic acids is 1. The number of nitrogens with zero attached hydrogens (tertiary/aromatic N) is 2. The van der Waals surface area contributed by atoms with Gasteiger partial charge in [0.2, 0.25) is 0 Å². The van der Waals surface area contributed by atoms with Gasteiger partial charge in [-0.05, 0) is 29.7 Å². The number of nitrogens with one attached hydrogen (secondary N) is 1. The molecule has 0 spiro atoms. The molecule has 118 valence electrons. The lowest BCUT2D eigenvalue weighted by Crippen LogP contribution is -2.62. The van der Waals surface area contributed by atoms with Gasteiger partial charge < -0.3 is 10.2 Å². The molecule has 0 saturated carbocycles. The number of hydrogen-bond donors (Lipinski definition) is 1.